The maximum absolute atomic E-state index is 13.3. The molecule has 1 aliphatic rings. The van der Waals surface area contributed by atoms with Crippen LogP contribution >= 0.6 is 0 Å². The van der Waals surface area contributed by atoms with Crippen molar-refractivity contribution in [2.75, 3.05) is 38.3 Å². The molecule has 0 spiro atoms. The summed E-state index contributed by atoms with van der Waals surface area (Å²) in [6, 6.07) is 14.9. The third-order valence-electron chi connectivity index (χ3n) is 4.36. The molecule has 0 amide bonds. The van der Waals surface area contributed by atoms with E-state index in [9.17, 15) is 4.39 Å². The summed E-state index contributed by atoms with van der Waals surface area (Å²) in [6.07, 6.45) is 0. The van der Waals surface area contributed by atoms with Crippen molar-refractivity contribution in [3.63, 3.8) is 0 Å². The van der Waals surface area contributed by atoms with E-state index < -0.39 is 0 Å². The number of rotatable bonds is 5. The molecule has 0 saturated carbocycles. The van der Waals surface area contributed by atoms with E-state index in [2.05, 4.69) is 38.7 Å². The van der Waals surface area contributed by atoms with Crippen LogP contribution in [0.4, 0.5) is 10.1 Å². The van der Waals surface area contributed by atoms with E-state index in [0.717, 1.165) is 31.9 Å². The number of aliphatic imine (C=N–C) groups is 1. The summed E-state index contributed by atoms with van der Waals surface area (Å²) < 4.78 is 18.7. The van der Waals surface area contributed by atoms with Gasteiger partial charge in [-0.3, -0.25) is 4.99 Å². The lowest BCUT2D eigenvalue weighted by Crippen LogP contribution is -2.39. The van der Waals surface area contributed by atoms with Gasteiger partial charge in [-0.25, -0.2) is 4.39 Å². The zero-order valence-corrected chi connectivity index (χ0v) is 15.0. The monoisotopic (exact) mass is 356 g/mol. The first-order chi connectivity index (χ1) is 12.8. The van der Waals surface area contributed by atoms with Crippen molar-refractivity contribution in [2.45, 2.75) is 13.1 Å². The highest BCUT2D eigenvalue weighted by Crippen LogP contribution is 2.21. The molecule has 2 N–H and O–H groups in total. The maximum Gasteiger partial charge on any atom is 0.191 e. The van der Waals surface area contributed by atoms with Gasteiger partial charge >= 0.3 is 0 Å². The molecule has 2 aromatic carbocycles. The predicted octanol–water partition coefficient (Wildman–Crippen LogP) is 2.53. The number of nitrogens with zero attached hydrogens (tertiary/aromatic N) is 2. The highest BCUT2D eigenvalue weighted by atomic mass is 19.1. The topological polar surface area (TPSA) is 48.9 Å². The number of anilines is 1. The second-order valence-corrected chi connectivity index (χ2v) is 6.14. The predicted molar refractivity (Wildman–Crippen MR) is 103 cm³/mol. The molecule has 1 heterocycles. The van der Waals surface area contributed by atoms with Crippen molar-refractivity contribution in [2.24, 2.45) is 4.99 Å². The summed E-state index contributed by atoms with van der Waals surface area (Å²) in [5.74, 6) is 0.456. The SMILES string of the molecule is CN=C(NCc1cccc(F)c1)NCc1ccccc1N1CCOCC1. The average molecular weight is 356 g/mol. The van der Waals surface area contributed by atoms with Gasteiger partial charge in [0.2, 0.25) is 0 Å². The summed E-state index contributed by atoms with van der Waals surface area (Å²) in [7, 11) is 1.73. The fourth-order valence-electron chi connectivity index (χ4n) is 3.01. The van der Waals surface area contributed by atoms with Crippen molar-refractivity contribution < 1.29 is 9.13 Å². The van der Waals surface area contributed by atoms with Gasteiger partial charge in [0.25, 0.3) is 0 Å². The number of para-hydroxylation sites is 1. The van der Waals surface area contributed by atoms with Crippen LogP contribution in [0.5, 0.6) is 0 Å². The van der Waals surface area contributed by atoms with Crippen LogP contribution in [-0.2, 0) is 17.8 Å². The molecule has 0 bridgehead atoms. The standard InChI is InChI=1S/C20H25FN4O/c1-22-20(23-14-16-5-4-7-18(21)13-16)24-15-17-6-2-3-8-19(17)25-9-11-26-12-10-25/h2-8,13H,9-12,14-15H2,1H3,(H2,22,23,24). The summed E-state index contributed by atoms with van der Waals surface area (Å²) in [4.78, 5) is 6.60. The fourth-order valence-corrected chi connectivity index (χ4v) is 3.01. The Bertz CT molecular complexity index is 744. The van der Waals surface area contributed by atoms with E-state index >= 15 is 0 Å². The fraction of sp³-hybridized carbons (Fsp3) is 0.350. The van der Waals surface area contributed by atoms with Crippen LogP contribution in [0.15, 0.2) is 53.5 Å². The molecular formula is C20H25FN4O. The summed E-state index contributed by atoms with van der Waals surface area (Å²) in [5, 5.41) is 6.56. The molecule has 0 atom stereocenters. The second kappa shape index (κ2) is 9.20. The van der Waals surface area contributed by atoms with E-state index in [-0.39, 0.29) is 5.82 Å². The first-order valence-corrected chi connectivity index (χ1v) is 8.86. The van der Waals surface area contributed by atoms with E-state index in [1.807, 2.05) is 12.1 Å². The molecule has 0 aromatic heterocycles. The Hall–Kier alpha value is -2.60. The molecule has 1 saturated heterocycles. The quantitative estimate of drug-likeness (QED) is 0.639. The van der Waals surface area contributed by atoms with E-state index in [0.29, 0.717) is 19.0 Å². The minimum Gasteiger partial charge on any atom is -0.378 e. The molecule has 2 aromatic rings. The third kappa shape index (κ3) is 4.95. The van der Waals surface area contributed by atoms with Gasteiger partial charge in [0.1, 0.15) is 5.82 Å². The Morgan fingerprint density at radius 2 is 1.85 bits per heavy atom. The molecule has 1 aliphatic heterocycles. The van der Waals surface area contributed by atoms with Gasteiger partial charge in [-0.1, -0.05) is 30.3 Å². The second-order valence-electron chi connectivity index (χ2n) is 6.14. The van der Waals surface area contributed by atoms with Gasteiger partial charge in [-0.15, -0.1) is 0 Å². The molecule has 0 unspecified atom stereocenters. The highest BCUT2D eigenvalue weighted by Gasteiger charge is 2.14. The zero-order valence-electron chi connectivity index (χ0n) is 15.0. The lowest BCUT2D eigenvalue weighted by molar-refractivity contribution is 0.122. The van der Waals surface area contributed by atoms with Crippen molar-refractivity contribution in [1.82, 2.24) is 10.6 Å². The lowest BCUT2D eigenvalue weighted by atomic mass is 10.1. The number of nitrogens with one attached hydrogen (secondary N) is 2. The Kier molecular flexibility index (Phi) is 6.44. The molecule has 5 nitrogen and oxygen atoms in total. The molecule has 26 heavy (non-hydrogen) atoms. The van der Waals surface area contributed by atoms with Crippen LogP contribution in [0, 0.1) is 5.82 Å². The lowest BCUT2D eigenvalue weighted by Gasteiger charge is -2.30. The maximum atomic E-state index is 13.3. The molecule has 138 valence electrons. The Morgan fingerprint density at radius 3 is 2.62 bits per heavy atom. The van der Waals surface area contributed by atoms with Crippen molar-refractivity contribution in [3.8, 4) is 0 Å². The summed E-state index contributed by atoms with van der Waals surface area (Å²) in [5.41, 5.74) is 3.31. The average Bonchev–Trinajstić information content (AvgIpc) is 2.69. The number of hydrogen-bond acceptors (Lipinski definition) is 3. The minimum absolute atomic E-state index is 0.230. The summed E-state index contributed by atoms with van der Waals surface area (Å²) >= 11 is 0. The molecular weight excluding hydrogens is 331 g/mol. The number of benzene rings is 2. The Labute approximate surface area is 153 Å². The molecule has 0 radical (unpaired) electrons. The van der Waals surface area contributed by atoms with Crippen molar-refractivity contribution >= 4 is 11.6 Å². The third-order valence-corrected chi connectivity index (χ3v) is 4.36. The van der Waals surface area contributed by atoms with Gasteiger partial charge < -0.3 is 20.3 Å². The van der Waals surface area contributed by atoms with Crippen LogP contribution in [-0.4, -0.2) is 39.3 Å². The number of morpholine rings is 1. The van der Waals surface area contributed by atoms with Crippen LogP contribution in [0.3, 0.4) is 0 Å². The van der Waals surface area contributed by atoms with Crippen LogP contribution < -0.4 is 15.5 Å². The summed E-state index contributed by atoms with van der Waals surface area (Å²) in [6.45, 7) is 4.52. The number of hydrogen-bond donors (Lipinski definition) is 2. The number of guanidine groups is 1. The van der Waals surface area contributed by atoms with Gasteiger partial charge in [0.05, 0.1) is 13.2 Å². The molecule has 1 fully saturated rings. The smallest absolute Gasteiger partial charge is 0.191 e. The number of halogens is 1. The van der Waals surface area contributed by atoms with E-state index in [4.69, 9.17) is 4.74 Å². The first-order valence-electron chi connectivity index (χ1n) is 8.86. The molecule has 3 rings (SSSR count). The van der Waals surface area contributed by atoms with Crippen LogP contribution in [0.25, 0.3) is 0 Å². The van der Waals surface area contributed by atoms with Crippen LogP contribution in [0.1, 0.15) is 11.1 Å². The first kappa shape index (κ1) is 18.2. The Balaban J connectivity index is 1.58. The van der Waals surface area contributed by atoms with Crippen molar-refractivity contribution in [3.05, 3.63) is 65.5 Å². The van der Waals surface area contributed by atoms with Gasteiger partial charge in [0.15, 0.2) is 5.96 Å². The van der Waals surface area contributed by atoms with E-state index in [1.54, 1.807) is 13.1 Å². The van der Waals surface area contributed by atoms with Gasteiger partial charge in [-0.05, 0) is 29.3 Å². The van der Waals surface area contributed by atoms with Crippen molar-refractivity contribution in [1.29, 1.82) is 0 Å². The van der Waals surface area contributed by atoms with Gasteiger partial charge in [0, 0.05) is 38.9 Å². The normalized spacial score (nSPS) is 15.0. The molecule has 0 aliphatic carbocycles. The minimum atomic E-state index is -0.230. The van der Waals surface area contributed by atoms with Gasteiger partial charge in [-0.2, -0.15) is 0 Å². The van der Waals surface area contributed by atoms with E-state index in [1.165, 1.54) is 23.4 Å². The van der Waals surface area contributed by atoms with Crippen LogP contribution in [0.2, 0.25) is 0 Å². The largest absolute Gasteiger partial charge is 0.378 e. The highest BCUT2D eigenvalue weighted by molar-refractivity contribution is 5.79. The molecule has 6 heteroatoms. The number of ether oxygens (including phenoxy) is 1. The Morgan fingerprint density at radius 1 is 1.08 bits per heavy atom. The zero-order chi connectivity index (χ0) is 18.2.